The number of anilines is 1. The number of carbonyl (C=O) groups excluding carboxylic acids is 2. The summed E-state index contributed by atoms with van der Waals surface area (Å²) in [6, 6.07) is 21.7. The summed E-state index contributed by atoms with van der Waals surface area (Å²) in [7, 11) is 1.61. The minimum Gasteiger partial charge on any atom is -0.497 e. The van der Waals surface area contributed by atoms with E-state index in [9.17, 15) is 9.59 Å². The highest BCUT2D eigenvalue weighted by atomic mass is 16.5. The third kappa shape index (κ3) is 4.42. The molecule has 1 aliphatic heterocycles. The van der Waals surface area contributed by atoms with Crippen LogP contribution in [0.25, 0.3) is 11.3 Å². The predicted octanol–water partition coefficient (Wildman–Crippen LogP) is 5.41. The van der Waals surface area contributed by atoms with Gasteiger partial charge < -0.3 is 14.2 Å². The minimum absolute atomic E-state index is 0.204. The number of fused-ring (bicyclic) bond motifs is 1. The summed E-state index contributed by atoms with van der Waals surface area (Å²) < 4.78 is 16.0. The molecule has 1 amide bonds. The van der Waals surface area contributed by atoms with Crippen LogP contribution in [0.2, 0.25) is 0 Å². The van der Waals surface area contributed by atoms with Crippen LogP contribution in [0.15, 0.2) is 72.8 Å². The van der Waals surface area contributed by atoms with Crippen molar-refractivity contribution in [2.75, 3.05) is 25.2 Å². The van der Waals surface area contributed by atoms with Crippen molar-refractivity contribution in [3.05, 3.63) is 95.2 Å². The molecular formula is C29H27N3O5. The first-order valence-electron chi connectivity index (χ1n) is 12.1. The van der Waals surface area contributed by atoms with Gasteiger partial charge in [-0.1, -0.05) is 12.1 Å². The van der Waals surface area contributed by atoms with E-state index in [1.54, 1.807) is 43.2 Å². The highest BCUT2D eigenvalue weighted by molar-refractivity contribution is 6.12. The molecule has 0 saturated carbocycles. The lowest BCUT2D eigenvalue weighted by Crippen LogP contribution is -2.29. The first-order chi connectivity index (χ1) is 18.0. The van der Waals surface area contributed by atoms with Gasteiger partial charge in [0.05, 0.1) is 37.6 Å². The maximum atomic E-state index is 13.7. The average Bonchev–Trinajstić information content (AvgIpc) is 3.48. The lowest BCUT2D eigenvalue weighted by molar-refractivity contribution is 0.0526. The van der Waals surface area contributed by atoms with Gasteiger partial charge in [-0.05, 0) is 80.1 Å². The molecule has 3 aromatic carbocycles. The van der Waals surface area contributed by atoms with E-state index in [0.29, 0.717) is 35.9 Å². The van der Waals surface area contributed by atoms with E-state index in [2.05, 4.69) is 10.2 Å². The molecule has 8 nitrogen and oxygen atoms in total. The van der Waals surface area contributed by atoms with Crippen molar-refractivity contribution in [1.29, 1.82) is 0 Å². The second-order valence-corrected chi connectivity index (χ2v) is 8.44. The molecule has 4 aromatic rings. The van der Waals surface area contributed by atoms with Gasteiger partial charge in [0, 0.05) is 16.8 Å². The first-order valence-corrected chi connectivity index (χ1v) is 12.1. The second-order valence-electron chi connectivity index (χ2n) is 8.44. The summed E-state index contributed by atoms with van der Waals surface area (Å²) in [6.07, 6.45) is 0. The Balaban J connectivity index is 1.60. The number of esters is 1. The van der Waals surface area contributed by atoms with Crippen molar-refractivity contribution >= 4 is 17.6 Å². The number of aromatic amines is 1. The molecule has 1 unspecified atom stereocenters. The number of benzene rings is 3. The van der Waals surface area contributed by atoms with Gasteiger partial charge in [-0.2, -0.15) is 5.10 Å². The molecule has 0 bridgehead atoms. The molecule has 0 fully saturated rings. The van der Waals surface area contributed by atoms with E-state index >= 15 is 0 Å². The first kappa shape index (κ1) is 24.1. The molecule has 0 spiro atoms. The Morgan fingerprint density at radius 1 is 0.919 bits per heavy atom. The molecule has 2 heterocycles. The lowest BCUT2D eigenvalue weighted by Gasteiger charge is -2.26. The van der Waals surface area contributed by atoms with Crippen molar-refractivity contribution in [2.24, 2.45) is 0 Å². The van der Waals surface area contributed by atoms with Crippen LogP contribution in [0.5, 0.6) is 11.5 Å². The summed E-state index contributed by atoms with van der Waals surface area (Å²) in [6.45, 7) is 4.57. The van der Waals surface area contributed by atoms with Gasteiger partial charge in [-0.3, -0.25) is 14.8 Å². The molecule has 0 aliphatic carbocycles. The number of aromatic nitrogens is 2. The van der Waals surface area contributed by atoms with Gasteiger partial charge in [0.2, 0.25) is 0 Å². The maximum absolute atomic E-state index is 13.7. The van der Waals surface area contributed by atoms with Crippen molar-refractivity contribution in [2.45, 2.75) is 19.9 Å². The summed E-state index contributed by atoms with van der Waals surface area (Å²) in [5.41, 5.74) is 4.75. The van der Waals surface area contributed by atoms with E-state index in [4.69, 9.17) is 14.2 Å². The molecule has 1 atom stereocenters. The van der Waals surface area contributed by atoms with Gasteiger partial charge in [0.1, 0.15) is 17.2 Å². The van der Waals surface area contributed by atoms with E-state index in [1.165, 1.54) is 0 Å². The molecular weight excluding hydrogens is 470 g/mol. The number of hydrogen-bond acceptors (Lipinski definition) is 6. The predicted molar refractivity (Wildman–Crippen MR) is 139 cm³/mol. The summed E-state index contributed by atoms with van der Waals surface area (Å²) in [5.74, 6) is 0.882. The van der Waals surface area contributed by atoms with E-state index < -0.39 is 12.0 Å². The average molecular weight is 498 g/mol. The number of nitrogens with zero attached hydrogens (tertiary/aromatic N) is 2. The van der Waals surface area contributed by atoms with Crippen molar-refractivity contribution in [1.82, 2.24) is 10.2 Å². The molecule has 5 rings (SSSR count). The van der Waals surface area contributed by atoms with Gasteiger partial charge in [0.25, 0.3) is 5.91 Å². The molecule has 37 heavy (non-hydrogen) atoms. The Morgan fingerprint density at radius 3 is 2.22 bits per heavy atom. The zero-order valence-electron chi connectivity index (χ0n) is 20.9. The van der Waals surface area contributed by atoms with Crippen LogP contribution < -0.4 is 14.4 Å². The molecule has 188 valence electrons. The van der Waals surface area contributed by atoms with Crippen molar-refractivity contribution in [3.63, 3.8) is 0 Å². The molecule has 1 aromatic heterocycles. The van der Waals surface area contributed by atoms with Crippen molar-refractivity contribution in [3.8, 4) is 22.8 Å². The Bertz CT molecular complexity index is 1410. The minimum atomic E-state index is -0.442. The summed E-state index contributed by atoms with van der Waals surface area (Å²) in [4.78, 5) is 27.6. The standard InChI is InChI=1S/C29H27N3O5/c1-4-36-23-16-8-18(9-17-23)25-24-26(31-30-25)28(33)32(27(24)19-10-14-22(35-3)15-11-19)21-12-6-20(7-13-21)29(34)37-5-2/h6-17,27H,4-5H2,1-3H3,(H,30,31). The maximum Gasteiger partial charge on any atom is 0.338 e. The van der Waals surface area contributed by atoms with Gasteiger partial charge in [-0.25, -0.2) is 4.79 Å². The number of carbonyl (C=O) groups is 2. The lowest BCUT2D eigenvalue weighted by atomic mass is 9.95. The SMILES string of the molecule is CCOC(=O)c1ccc(N2C(=O)c3[nH]nc(-c4ccc(OCC)cc4)c3C2c2ccc(OC)cc2)cc1. The zero-order valence-corrected chi connectivity index (χ0v) is 20.9. The van der Waals surface area contributed by atoms with E-state index in [0.717, 1.165) is 28.2 Å². The fraction of sp³-hybridized carbons (Fsp3) is 0.207. The Labute approximate surface area is 214 Å². The quantitative estimate of drug-likeness (QED) is 0.327. The fourth-order valence-corrected chi connectivity index (χ4v) is 4.58. The number of H-pyrrole nitrogens is 1. The van der Waals surface area contributed by atoms with Crippen LogP contribution in [0.3, 0.4) is 0 Å². The van der Waals surface area contributed by atoms with Crippen LogP contribution in [0.4, 0.5) is 5.69 Å². The third-order valence-electron chi connectivity index (χ3n) is 6.30. The number of ether oxygens (including phenoxy) is 3. The highest BCUT2D eigenvalue weighted by Crippen LogP contribution is 2.45. The fourth-order valence-electron chi connectivity index (χ4n) is 4.58. The summed E-state index contributed by atoms with van der Waals surface area (Å²) >= 11 is 0. The van der Waals surface area contributed by atoms with Crippen LogP contribution in [0, 0.1) is 0 Å². The highest BCUT2D eigenvalue weighted by Gasteiger charge is 2.43. The molecule has 0 radical (unpaired) electrons. The Hall–Kier alpha value is -4.59. The molecule has 1 aliphatic rings. The number of methoxy groups -OCH3 is 1. The smallest absolute Gasteiger partial charge is 0.338 e. The van der Waals surface area contributed by atoms with Crippen LogP contribution in [-0.4, -0.2) is 42.4 Å². The second kappa shape index (κ2) is 10.2. The van der Waals surface area contributed by atoms with E-state index in [1.807, 2.05) is 55.5 Å². The number of hydrogen-bond donors (Lipinski definition) is 1. The van der Waals surface area contributed by atoms with Gasteiger partial charge >= 0.3 is 5.97 Å². The molecule has 1 N–H and O–H groups in total. The molecule has 8 heteroatoms. The number of rotatable bonds is 8. The topological polar surface area (TPSA) is 93.8 Å². The summed E-state index contributed by atoms with van der Waals surface area (Å²) in [5, 5.41) is 7.50. The third-order valence-corrected chi connectivity index (χ3v) is 6.30. The Morgan fingerprint density at radius 2 is 1.59 bits per heavy atom. The van der Waals surface area contributed by atoms with Gasteiger partial charge in [-0.15, -0.1) is 0 Å². The number of nitrogens with one attached hydrogen (secondary N) is 1. The largest absolute Gasteiger partial charge is 0.497 e. The van der Waals surface area contributed by atoms with Crippen LogP contribution in [-0.2, 0) is 4.74 Å². The normalized spacial score (nSPS) is 14.4. The monoisotopic (exact) mass is 497 g/mol. The van der Waals surface area contributed by atoms with Crippen LogP contribution >= 0.6 is 0 Å². The van der Waals surface area contributed by atoms with Gasteiger partial charge in [0.15, 0.2) is 0 Å². The zero-order chi connectivity index (χ0) is 25.9. The van der Waals surface area contributed by atoms with Crippen LogP contribution in [0.1, 0.15) is 51.9 Å². The Kier molecular flexibility index (Phi) is 6.64. The number of amides is 1. The van der Waals surface area contributed by atoms with E-state index in [-0.39, 0.29) is 5.91 Å². The van der Waals surface area contributed by atoms with Crippen molar-refractivity contribution < 1.29 is 23.8 Å². The molecule has 0 saturated heterocycles.